The maximum atomic E-state index is 2.54. The zero-order valence-electron chi connectivity index (χ0n) is 7.85. The maximum absolute atomic E-state index is 2.54. The molecular formula is C8H21NSi. The van der Waals surface area contributed by atoms with E-state index in [2.05, 4.69) is 25.3 Å². The summed E-state index contributed by atoms with van der Waals surface area (Å²) >= 11 is 0. The van der Waals surface area contributed by atoms with E-state index >= 15 is 0 Å². The van der Waals surface area contributed by atoms with Crippen LogP contribution in [0.4, 0.5) is 0 Å². The largest absolute Gasteiger partial charge is 0.330 e. The standard InChI is InChI=1S/C8H21NSi/c1-4-5-6-7-9(10)8(2)3/h8H,4-7H2,1-3,10H3. The van der Waals surface area contributed by atoms with Crippen molar-refractivity contribution in [3.63, 3.8) is 0 Å². The predicted octanol–water partition coefficient (Wildman–Crippen LogP) is 1.17. The summed E-state index contributed by atoms with van der Waals surface area (Å²) in [7, 11) is 1.22. The number of hydrogen-bond donors (Lipinski definition) is 0. The van der Waals surface area contributed by atoms with Gasteiger partial charge in [-0.2, -0.15) is 0 Å². The second-order valence-corrected chi connectivity index (χ2v) is 4.43. The first-order valence-corrected chi connectivity index (χ1v) is 5.28. The summed E-state index contributed by atoms with van der Waals surface area (Å²) in [5, 5.41) is 0. The van der Waals surface area contributed by atoms with Crippen molar-refractivity contribution in [1.82, 2.24) is 4.57 Å². The van der Waals surface area contributed by atoms with Gasteiger partial charge in [0.05, 0.1) is 10.4 Å². The molecule has 0 heterocycles. The molecule has 0 aliphatic heterocycles. The molecule has 0 bridgehead atoms. The summed E-state index contributed by atoms with van der Waals surface area (Å²) in [5.74, 6) is 0. The third-order valence-electron chi connectivity index (χ3n) is 2.00. The van der Waals surface area contributed by atoms with Crippen molar-refractivity contribution in [2.24, 2.45) is 0 Å². The summed E-state index contributed by atoms with van der Waals surface area (Å²) in [6, 6.07) is 0.767. The summed E-state index contributed by atoms with van der Waals surface area (Å²) in [5.41, 5.74) is 0. The molecule has 0 aromatic rings. The monoisotopic (exact) mass is 159 g/mol. The molecule has 0 spiro atoms. The molecule has 0 atom stereocenters. The first-order chi connectivity index (χ1) is 4.68. The van der Waals surface area contributed by atoms with Gasteiger partial charge in [-0.05, 0) is 19.0 Å². The van der Waals surface area contributed by atoms with Gasteiger partial charge in [0.2, 0.25) is 0 Å². The third kappa shape index (κ3) is 5.00. The van der Waals surface area contributed by atoms with Crippen LogP contribution in [0.5, 0.6) is 0 Å². The smallest absolute Gasteiger partial charge is 0.0787 e. The fourth-order valence-electron chi connectivity index (χ4n) is 0.869. The normalized spacial score (nSPS) is 11.7. The Morgan fingerprint density at radius 1 is 1.30 bits per heavy atom. The first-order valence-electron chi connectivity index (χ1n) is 4.38. The van der Waals surface area contributed by atoms with Crippen LogP contribution in [0.15, 0.2) is 0 Å². The Bertz CT molecular complexity index is 73.7. The van der Waals surface area contributed by atoms with Gasteiger partial charge in [0.15, 0.2) is 0 Å². The Balaban J connectivity index is 3.13. The molecule has 0 N–H and O–H groups in total. The molecule has 0 aliphatic carbocycles. The van der Waals surface area contributed by atoms with Crippen LogP contribution in [0.2, 0.25) is 0 Å². The van der Waals surface area contributed by atoms with Crippen LogP contribution < -0.4 is 0 Å². The summed E-state index contributed by atoms with van der Waals surface area (Å²) in [6.45, 7) is 8.13. The van der Waals surface area contributed by atoms with Crippen molar-refractivity contribution in [3.8, 4) is 0 Å². The van der Waals surface area contributed by atoms with E-state index in [9.17, 15) is 0 Å². The molecule has 0 radical (unpaired) electrons. The molecule has 0 fully saturated rings. The van der Waals surface area contributed by atoms with Crippen molar-refractivity contribution in [1.29, 1.82) is 0 Å². The van der Waals surface area contributed by atoms with Crippen molar-refractivity contribution in [2.75, 3.05) is 6.54 Å². The molecule has 0 rings (SSSR count). The van der Waals surface area contributed by atoms with Gasteiger partial charge in [0, 0.05) is 0 Å². The molecule has 0 aromatic heterocycles. The van der Waals surface area contributed by atoms with Crippen LogP contribution in [-0.4, -0.2) is 27.6 Å². The minimum Gasteiger partial charge on any atom is -0.330 e. The van der Waals surface area contributed by atoms with E-state index in [-0.39, 0.29) is 0 Å². The number of unbranched alkanes of at least 4 members (excludes halogenated alkanes) is 2. The van der Waals surface area contributed by atoms with Crippen molar-refractivity contribution in [3.05, 3.63) is 0 Å². The van der Waals surface area contributed by atoms with Crippen molar-refractivity contribution < 1.29 is 0 Å². The van der Waals surface area contributed by atoms with Gasteiger partial charge >= 0.3 is 0 Å². The molecule has 0 saturated heterocycles. The van der Waals surface area contributed by atoms with Crippen LogP contribution in [-0.2, 0) is 0 Å². The quantitative estimate of drug-likeness (QED) is 0.430. The highest BCUT2D eigenvalue weighted by atomic mass is 28.2. The van der Waals surface area contributed by atoms with Gasteiger partial charge in [-0.1, -0.05) is 33.6 Å². The minimum atomic E-state index is 0.767. The van der Waals surface area contributed by atoms with E-state index in [0.717, 1.165) is 6.04 Å². The number of hydrogen-bond acceptors (Lipinski definition) is 1. The molecule has 0 unspecified atom stereocenters. The lowest BCUT2D eigenvalue weighted by Crippen LogP contribution is -2.28. The van der Waals surface area contributed by atoms with Gasteiger partial charge in [0.25, 0.3) is 0 Å². The average Bonchev–Trinajstić information content (AvgIpc) is 1.88. The minimum absolute atomic E-state index is 0.767. The fourth-order valence-corrected chi connectivity index (χ4v) is 1.19. The Morgan fingerprint density at radius 3 is 2.30 bits per heavy atom. The van der Waals surface area contributed by atoms with Crippen LogP contribution in [0.25, 0.3) is 0 Å². The van der Waals surface area contributed by atoms with Gasteiger partial charge in [0.1, 0.15) is 0 Å². The Morgan fingerprint density at radius 2 is 1.90 bits per heavy atom. The molecule has 0 amide bonds. The SMILES string of the molecule is CCCCCN([SiH3])C(C)C. The third-order valence-corrected chi connectivity index (χ3v) is 3.48. The maximum Gasteiger partial charge on any atom is 0.0787 e. The van der Waals surface area contributed by atoms with E-state index in [4.69, 9.17) is 0 Å². The molecule has 2 heteroatoms. The van der Waals surface area contributed by atoms with E-state index in [1.807, 2.05) is 0 Å². The topological polar surface area (TPSA) is 3.24 Å². The summed E-state index contributed by atoms with van der Waals surface area (Å²) in [4.78, 5) is 0. The zero-order valence-corrected chi connectivity index (χ0v) is 9.85. The van der Waals surface area contributed by atoms with E-state index in [1.165, 1.54) is 36.2 Å². The summed E-state index contributed by atoms with van der Waals surface area (Å²) < 4.78 is 2.54. The van der Waals surface area contributed by atoms with Crippen LogP contribution in [0, 0.1) is 0 Å². The lowest BCUT2D eigenvalue weighted by molar-refractivity contribution is 0.369. The molecule has 1 nitrogen and oxygen atoms in total. The second kappa shape index (κ2) is 5.92. The Kier molecular flexibility index (Phi) is 6.03. The zero-order chi connectivity index (χ0) is 7.98. The van der Waals surface area contributed by atoms with E-state index in [1.54, 1.807) is 0 Å². The molecular weight excluding hydrogens is 138 g/mol. The highest BCUT2D eigenvalue weighted by Gasteiger charge is 1.99. The Hall–Kier alpha value is 0.177. The highest BCUT2D eigenvalue weighted by Crippen LogP contribution is 1.98. The highest BCUT2D eigenvalue weighted by molar-refractivity contribution is 6.04. The van der Waals surface area contributed by atoms with Gasteiger partial charge < -0.3 is 4.57 Å². The van der Waals surface area contributed by atoms with Gasteiger partial charge in [-0.3, -0.25) is 0 Å². The molecule has 62 valence electrons. The number of nitrogens with zero attached hydrogens (tertiary/aromatic N) is 1. The first kappa shape index (κ1) is 10.2. The Labute approximate surface area is 68.3 Å². The fraction of sp³-hybridized carbons (Fsp3) is 1.00. The van der Waals surface area contributed by atoms with E-state index < -0.39 is 0 Å². The second-order valence-electron chi connectivity index (χ2n) is 3.28. The van der Waals surface area contributed by atoms with Crippen LogP contribution in [0.3, 0.4) is 0 Å². The predicted molar refractivity (Wildman–Crippen MR) is 51.3 cm³/mol. The van der Waals surface area contributed by atoms with Crippen molar-refractivity contribution in [2.45, 2.75) is 46.1 Å². The number of rotatable bonds is 5. The lowest BCUT2D eigenvalue weighted by Gasteiger charge is -2.20. The average molecular weight is 159 g/mol. The van der Waals surface area contributed by atoms with Gasteiger partial charge in [-0.25, -0.2) is 0 Å². The van der Waals surface area contributed by atoms with E-state index in [0.29, 0.717) is 0 Å². The summed E-state index contributed by atoms with van der Waals surface area (Å²) in [6.07, 6.45) is 4.12. The molecule has 0 aromatic carbocycles. The van der Waals surface area contributed by atoms with Crippen LogP contribution in [0.1, 0.15) is 40.0 Å². The van der Waals surface area contributed by atoms with Crippen molar-refractivity contribution >= 4 is 10.4 Å². The van der Waals surface area contributed by atoms with Crippen LogP contribution >= 0.6 is 0 Å². The molecule has 0 aliphatic rings. The van der Waals surface area contributed by atoms with Gasteiger partial charge in [-0.15, -0.1) is 0 Å². The molecule has 10 heavy (non-hydrogen) atoms. The molecule has 0 saturated carbocycles. The lowest BCUT2D eigenvalue weighted by atomic mass is 10.2.